The van der Waals surface area contributed by atoms with Gasteiger partial charge < -0.3 is 15.0 Å². The van der Waals surface area contributed by atoms with E-state index in [1.165, 1.54) is 4.88 Å². The molecule has 2 heterocycles. The third-order valence-corrected chi connectivity index (χ3v) is 6.09. The summed E-state index contributed by atoms with van der Waals surface area (Å²) in [6.45, 7) is 7.80. The minimum Gasteiger partial charge on any atom is -0.495 e. The highest BCUT2D eigenvalue weighted by molar-refractivity contribution is 7.10. The van der Waals surface area contributed by atoms with Gasteiger partial charge in [-0.05, 0) is 30.5 Å². The Morgan fingerprint density at radius 2 is 1.93 bits per heavy atom. The van der Waals surface area contributed by atoms with Crippen LogP contribution in [0, 0.1) is 0 Å². The van der Waals surface area contributed by atoms with Gasteiger partial charge in [0.05, 0.1) is 18.8 Å². The van der Waals surface area contributed by atoms with E-state index in [9.17, 15) is 4.79 Å². The molecule has 1 aromatic heterocycles. The zero-order valence-corrected chi connectivity index (χ0v) is 17.2. The molecule has 0 unspecified atom stereocenters. The maximum Gasteiger partial charge on any atom is 0.219 e. The lowest BCUT2D eigenvalue weighted by Gasteiger charge is -2.42. The second kappa shape index (κ2) is 9.24. The first kappa shape index (κ1) is 19.7. The van der Waals surface area contributed by atoms with E-state index in [4.69, 9.17) is 4.74 Å². The van der Waals surface area contributed by atoms with Gasteiger partial charge in [-0.2, -0.15) is 0 Å². The molecule has 1 aliphatic rings. The van der Waals surface area contributed by atoms with Crippen LogP contribution in [-0.4, -0.2) is 50.1 Å². The van der Waals surface area contributed by atoms with Crippen LogP contribution in [0.5, 0.6) is 5.75 Å². The van der Waals surface area contributed by atoms with Crippen LogP contribution in [0.25, 0.3) is 0 Å². The van der Waals surface area contributed by atoms with Crippen LogP contribution in [0.15, 0.2) is 41.8 Å². The lowest BCUT2D eigenvalue weighted by atomic mass is 10.0. The van der Waals surface area contributed by atoms with E-state index in [1.54, 1.807) is 18.4 Å². The Labute approximate surface area is 165 Å². The average molecular weight is 388 g/mol. The van der Waals surface area contributed by atoms with E-state index >= 15 is 0 Å². The molecule has 1 aliphatic heterocycles. The monoisotopic (exact) mass is 387 g/mol. The van der Waals surface area contributed by atoms with Crippen molar-refractivity contribution in [1.29, 1.82) is 0 Å². The summed E-state index contributed by atoms with van der Waals surface area (Å²) in [4.78, 5) is 18.1. The van der Waals surface area contributed by atoms with Gasteiger partial charge in [-0.1, -0.05) is 25.1 Å². The Kier molecular flexibility index (Phi) is 6.74. The number of benzene rings is 1. The molecule has 6 heteroatoms. The summed E-state index contributed by atoms with van der Waals surface area (Å²) in [5, 5.41) is 5.28. The summed E-state index contributed by atoms with van der Waals surface area (Å²) in [5.74, 6) is 1.03. The molecular formula is C21H29N3O2S. The van der Waals surface area contributed by atoms with Gasteiger partial charge in [0.2, 0.25) is 5.91 Å². The quantitative estimate of drug-likeness (QED) is 0.789. The van der Waals surface area contributed by atoms with Gasteiger partial charge in [0.25, 0.3) is 0 Å². The molecule has 146 valence electrons. The summed E-state index contributed by atoms with van der Waals surface area (Å²) in [5.41, 5.74) is 1.15. The highest BCUT2D eigenvalue weighted by atomic mass is 32.1. The Hall–Kier alpha value is -2.05. The zero-order chi connectivity index (χ0) is 19.2. The van der Waals surface area contributed by atoms with Crippen molar-refractivity contribution in [1.82, 2.24) is 10.2 Å². The molecule has 0 radical (unpaired) electrons. The van der Waals surface area contributed by atoms with Crippen molar-refractivity contribution in [2.75, 3.05) is 38.2 Å². The highest BCUT2D eigenvalue weighted by Crippen LogP contribution is 2.32. The standard InChI is InChI=1S/C21H29N3O2S/c1-4-20(25)22-16(2)21(19-10-7-15-27-19)24-13-11-23(12-14-24)17-8-5-6-9-18(17)26-3/h5-10,15-16,21H,4,11-14H2,1-3H3,(H,22,25)/t16-,21-/m1/s1. The van der Waals surface area contributed by atoms with E-state index in [0.29, 0.717) is 6.42 Å². The number of nitrogens with one attached hydrogen (secondary N) is 1. The van der Waals surface area contributed by atoms with Gasteiger partial charge in [0.15, 0.2) is 0 Å². The van der Waals surface area contributed by atoms with Crippen LogP contribution < -0.4 is 15.0 Å². The molecule has 0 aliphatic carbocycles. The third kappa shape index (κ3) is 4.62. The normalized spacial score (nSPS) is 17.4. The number of piperazine rings is 1. The number of ether oxygens (including phenoxy) is 1. The van der Waals surface area contributed by atoms with Crippen LogP contribution in [0.1, 0.15) is 31.2 Å². The third-order valence-electron chi connectivity index (χ3n) is 5.15. The van der Waals surface area contributed by atoms with Gasteiger partial charge in [0.1, 0.15) is 5.75 Å². The number of para-hydroxylation sites is 2. The molecule has 0 bridgehead atoms. The molecule has 2 aromatic rings. The summed E-state index contributed by atoms with van der Waals surface area (Å²) in [6.07, 6.45) is 0.517. The number of methoxy groups -OCH3 is 1. The second-order valence-electron chi connectivity index (χ2n) is 6.86. The van der Waals surface area contributed by atoms with Crippen molar-refractivity contribution >= 4 is 22.9 Å². The summed E-state index contributed by atoms with van der Waals surface area (Å²) in [7, 11) is 1.72. The molecular weight excluding hydrogens is 358 g/mol. The van der Waals surface area contributed by atoms with Crippen LogP contribution in [0.2, 0.25) is 0 Å². The lowest BCUT2D eigenvalue weighted by Crippen LogP contribution is -2.52. The molecule has 0 spiro atoms. The number of nitrogens with zero attached hydrogens (tertiary/aromatic N) is 2. The Balaban J connectivity index is 1.72. The fourth-order valence-electron chi connectivity index (χ4n) is 3.77. The second-order valence-corrected chi connectivity index (χ2v) is 7.84. The fraction of sp³-hybridized carbons (Fsp3) is 0.476. The largest absolute Gasteiger partial charge is 0.495 e. The van der Waals surface area contributed by atoms with Crippen LogP contribution in [0.4, 0.5) is 5.69 Å². The van der Waals surface area contributed by atoms with Crippen LogP contribution in [-0.2, 0) is 4.79 Å². The fourth-order valence-corrected chi connectivity index (χ4v) is 4.73. The predicted octanol–water partition coefficient (Wildman–Crippen LogP) is 3.53. The Morgan fingerprint density at radius 3 is 2.56 bits per heavy atom. The first-order valence-electron chi connectivity index (χ1n) is 9.58. The first-order valence-corrected chi connectivity index (χ1v) is 10.5. The number of thiophene rings is 1. The SMILES string of the molecule is CCC(=O)N[C@H](C)[C@H](c1cccs1)N1CCN(c2ccccc2OC)CC1. The Bertz CT molecular complexity index is 727. The number of hydrogen-bond acceptors (Lipinski definition) is 5. The highest BCUT2D eigenvalue weighted by Gasteiger charge is 2.31. The number of hydrogen-bond donors (Lipinski definition) is 1. The molecule has 3 rings (SSSR count). The van der Waals surface area contributed by atoms with Crippen LogP contribution in [0.3, 0.4) is 0 Å². The number of amides is 1. The van der Waals surface area contributed by atoms with Gasteiger partial charge in [-0.15, -0.1) is 11.3 Å². The van der Waals surface area contributed by atoms with Crippen molar-refractivity contribution < 1.29 is 9.53 Å². The van der Waals surface area contributed by atoms with Crippen molar-refractivity contribution in [3.63, 3.8) is 0 Å². The topological polar surface area (TPSA) is 44.8 Å². The number of anilines is 1. The first-order chi connectivity index (χ1) is 13.1. The van der Waals surface area contributed by atoms with Crippen molar-refractivity contribution in [2.45, 2.75) is 32.4 Å². The number of rotatable bonds is 7. The molecule has 1 fully saturated rings. The van der Waals surface area contributed by atoms with Crippen molar-refractivity contribution in [2.24, 2.45) is 0 Å². The molecule has 2 atom stereocenters. The average Bonchev–Trinajstić information content (AvgIpc) is 3.22. The summed E-state index contributed by atoms with van der Waals surface area (Å²) in [6, 6.07) is 12.7. The number of carbonyl (C=O) groups is 1. The maximum atomic E-state index is 11.9. The van der Waals surface area contributed by atoms with E-state index in [1.807, 2.05) is 19.1 Å². The molecule has 1 saturated heterocycles. The van der Waals surface area contributed by atoms with Gasteiger partial charge in [-0.25, -0.2) is 0 Å². The molecule has 5 nitrogen and oxygen atoms in total. The maximum absolute atomic E-state index is 11.9. The van der Waals surface area contributed by atoms with Gasteiger partial charge in [-0.3, -0.25) is 9.69 Å². The van der Waals surface area contributed by atoms with E-state index in [-0.39, 0.29) is 18.0 Å². The predicted molar refractivity (Wildman–Crippen MR) is 112 cm³/mol. The minimum atomic E-state index is 0.0777. The lowest BCUT2D eigenvalue weighted by molar-refractivity contribution is -0.121. The molecule has 1 amide bonds. The minimum absolute atomic E-state index is 0.0777. The van der Waals surface area contributed by atoms with E-state index in [0.717, 1.165) is 37.6 Å². The summed E-state index contributed by atoms with van der Waals surface area (Å²) >= 11 is 1.76. The zero-order valence-electron chi connectivity index (χ0n) is 16.4. The van der Waals surface area contributed by atoms with Crippen LogP contribution >= 0.6 is 11.3 Å². The van der Waals surface area contributed by atoms with E-state index < -0.39 is 0 Å². The Morgan fingerprint density at radius 1 is 1.19 bits per heavy atom. The van der Waals surface area contributed by atoms with Gasteiger partial charge >= 0.3 is 0 Å². The molecule has 1 aromatic carbocycles. The summed E-state index contributed by atoms with van der Waals surface area (Å²) < 4.78 is 5.52. The number of carbonyl (C=O) groups excluding carboxylic acids is 1. The molecule has 0 saturated carbocycles. The van der Waals surface area contributed by atoms with E-state index in [2.05, 4.69) is 51.7 Å². The van der Waals surface area contributed by atoms with Crippen molar-refractivity contribution in [3.8, 4) is 5.75 Å². The van der Waals surface area contributed by atoms with Crippen molar-refractivity contribution in [3.05, 3.63) is 46.7 Å². The molecule has 1 N–H and O–H groups in total. The van der Waals surface area contributed by atoms with Gasteiger partial charge in [0, 0.05) is 43.5 Å². The smallest absolute Gasteiger partial charge is 0.219 e. The molecule has 27 heavy (non-hydrogen) atoms.